The summed E-state index contributed by atoms with van der Waals surface area (Å²) >= 11 is 0. The summed E-state index contributed by atoms with van der Waals surface area (Å²) in [4.78, 5) is 37.1. The van der Waals surface area contributed by atoms with Gasteiger partial charge in [-0.25, -0.2) is 0 Å². The Bertz CT molecular complexity index is 1100. The van der Waals surface area contributed by atoms with Crippen molar-refractivity contribution in [1.29, 1.82) is 0 Å². The Labute approximate surface area is 144 Å². The largest absolute Gasteiger partial charge is 0.326 e. The van der Waals surface area contributed by atoms with Crippen LogP contribution >= 0.6 is 0 Å². The Morgan fingerprint density at radius 3 is 2.40 bits per heavy atom. The van der Waals surface area contributed by atoms with E-state index >= 15 is 0 Å². The topological polar surface area (TPSA) is 63.2 Å². The quantitative estimate of drug-likeness (QED) is 0.532. The third-order valence-corrected chi connectivity index (χ3v) is 4.60. The van der Waals surface area contributed by atoms with Crippen molar-refractivity contribution < 1.29 is 14.4 Å². The maximum atomic E-state index is 12.5. The number of rotatable bonds is 1. The molecule has 25 heavy (non-hydrogen) atoms. The van der Waals surface area contributed by atoms with Crippen molar-refractivity contribution in [3.63, 3.8) is 0 Å². The minimum Gasteiger partial charge on any atom is -0.326 e. The lowest BCUT2D eigenvalue weighted by Crippen LogP contribution is -2.27. The van der Waals surface area contributed by atoms with Crippen molar-refractivity contribution in [2.24, 2.45) is 5.41 Å². The maximum Gasteiger partial charge on any atom is 0.234 e. The zero-order valence-electron chi connectivity index (χ0n) is 14.3. The molecule has 0 atom stereocenters. The number of anilines is 1. The van der Waals surface area contributed by atoms with Crippen LogP contribution in [0.3, 0.4) is 0 Å². The predicted molar refractivity (Wildman–Crippen MR) is 98.2 cm³/mol. The third-order valence-electron chi connectivity index (χ3n) is 4.60. The molecule has 0 aromatic heterocycles. The van der Waals surface area contributed by atoms with Gasteiger partial charge in [0, 0.05) is 27.6 Å². The minimum atomic E-state index is -0.520. The van der Waals surface area contributed by atoms with Crippen LogP contribution in [0.4, 0.5) is 5.69 Å². The second-order valence-electron chi connectivity index (χ2n) is 7.45. The molecule has 3 aromatic rings. The van der Waals surface area contributed by atoms with Gasteiger partial charge in [-0.2, -0.15) is 0 Å². The predicted octanol–water partition coefficient (Wildman–Crippen LogP) is 4.36. The molecule has 1 amide bonds. The lowest BCUT2D eigenvalue weighted by atomic mass is 9.95. The van der Waals surface area contributed by atoms with Gasteiger partial charge >= 0.3 is 0 Å². The maximum absolute atomic E-state index is 12.5. The van der Waals surface area contributed by atoms with Crippen molar-refractivity contribution in [2.45, 2.75) is 20.8 Å². The molecule has 4 heteroatoms. The Kier molecular flexibility index (Phi) is 3.10. The molecule has 0 radical (unpaired) electrons. The summed E-state index contributed by atoms with van der Waals surface area (Å²) in [6.07, 6.45) is 0. The molecule has 0 bridgehead atoms. The standard InChI is InChI=1S/C21H17NO3/c1-21(2,3)20(25)22-13-8-7-11-9-12-5-4-6-14-16(12)17(15(11)10-13)19(24)18(14)23/h4-10H,1-3H3,(H,22,25). The second kappa shape index (κ2) is 4.99. The highest BCUT2D eigenvalue weighted by Gasteiger charge is 2.32. The van der Waals surface area contributed by atoms with Crippen LogP contribution < -0.4 is 5.32 Å². The minimum absolute atomic E-state index is 0.104. The van der Waals surface area contributed by atoms with Gasteiger partial charge in [-0.1, -0.05) is 45.0 Å². The van der Waals surface area contributed by atoms with Crippen LogP contribution in [0.5, 0.6) is 0 Å². The summed E-state index contributed by atoms with van der Waals surface area (Å²) in [7, 11) is 0. The van der Waals surface area contributed by atoms with Crippen LogP contribution in [0.15, 0.2) is 42.5 Å². The van der Waals surface area contributed by atoms with Crippen molar-refractivity contribution in [3.8, 4) is 0 Å². The number of carbonyl (C=O) groups is 3. The van der Waals surface area contributed by atoms with Gasteiger partial charge in [0.15, 0.2) is 0 Å². The number of hydrogen-bond donors (Lipinski definition) is 1. The Morgan fingerprint density at radius 2 is 1.68 bits per heavy atom. The highest BCUT2D eigenvalue weighted by atomic mass is 16.2. The highest BCUT2D eigenvalue weighted by molar-refractivity contribution is 6.59. The second-order valence-corrected chi connectivity index (χ2v) is 7.45. The van der Waals surface area contributed by atoms with E-state index in [9.17, 15) is 14.4 Å². The molecule has 0 fully saturated rings. The number of carbonyl (C=O) groups excluding carboxylic acids is 3. The number of Topliss-reactive ketones (excluding diaryl/α,β-unsaturated/α-hetero) is 2. The number of hydrogen-bond acceptors (Lipinski definition) is 3. The molecule has 0 heterocycles. The molecule has 1 aliphatic rings. The fraction of sp³-hybridized carbons (Fsp3) is 0.190. The fourth-order valence-corrected chi connectivity index (χ4v) is 3.23. The normalized spacial score (nSPS) is 13.7. The first-order valence-electron chi connectivity index (χ1n) is 8.17. The first kappa shape index (κ1) is 15.5. The van der Waals surface area contributed by atoms with Crippen LogP contribution in [0.2, 0.25) is 0 Å². The summed E-state index contributed by atoms with van der Waals surface area (Å²) in [6.45, 7) is 5.51. The van der Waals surface area contributed by atoms with Crippen molar-refractivity contribution in [2.75, 3.05) is 5.32 Å². The van der Waals surface area contributed by atoms with Gasteiger partial charge < -0.3 is 5.32 Å². The zero-order valence-corrected chi connectivity index (χ0v) is 14.3. The van der Waals surface area contributed by atoms with Crippen LogP contribution in [0.25, 0.3) is 21.5 Å². The van der Waals surface area contributed by atoms with Gasteiger partial charge in [-0.3, -0.25) is 14.4 Å². The number of benzene rings is 3. The molecule has 4 nitrogen and oxygen atoms in total. The number of fused-ring (bicyclic) bond motifs is 2. The lowest BCUT2D eigenvalue weighted by molar-refractivity contribution is -0.123. The summed E-state index contributed by atoms with van der Waals surface area (Å²) in [5.74, 6) is -1.04. The molecule has 1 aliphatic carbocycles. The first-order valence-corrected chi connectivity index (χ1v) is 8.17. The molecule has 0 aliphatic heterocycles. The van der Waals surface area contributed by atoms with E-state index in [-0.39, 0.29) is 5.91 Å². The van der Waals surface area contributed by atoms with Crippen LogP contribution in [0, 0.1) is 5.41 Å². The third kappa shape index (κ3) is 2.25. The monoisotopic (exact) mass is 331 g/mol. The van der Waals surface area contributed by atoms with Crippen molar-refractivity contribution in [3.05, 3.63) is 53.6 Å². The summed E-state index contributed by atoms with van der Waals surface area (Å²) in [5, 5.41) is 6.04. The van der Waals surface area contributed by atoms with Crippen LogP contribution in [-0.4, -0.2) is 17.5 Å². The smallest absolute Gasteiger partial charge is 0.234 e. The van der Waals surface area contributed by atoms with Gasteiger partial charge in [0.05, 0.1) is 0 Å². The molecule has 124 valence electrons. The molecule has 0 unspecified atom stereocenters. The Hall–Kier alpha value is -3.01. The molecule has 0 saturated carbocycles. The summed E-state index contributed by atoms with van der Waals surface area (Å²) in [6, 6.07) is 12.8. The zero-order chi connectivity index (χ0) is 17.9. The number of ketones is 2. The Balaban J connectivity index is 1.96. The van der Waals surface area contributed by atoms with Gasteiger partial charge in [0.1, 0.15) is 0 Å². The molecule has 3 aromatic carbocycles. The van der Waals surface area contributed by atoms with E-state index in [0.29, 0.717) is 27.6 Å². The highest BCUT2D eigenvalue weighted by Crippen LogP contribution is 2.37. The molecule has 4 rings (SSSR count). The van der Waals surface area contributed by atoms with Gasteiger partial charge in [-0.05, 0) is 34.4 Å². The fourth-order valence-electron chi connectivity index (χ4n) is 3.23. The van der Waals surface area contributed by atoms with Crippen LogP contribution in [0.1, 0.15) is 41.5 Å². The van der Waals surface area contributed by atoms with E-state index in [1.165, 1.54) is 0 Å². The molecular formula is C21H17NO3. The van der Waals surface area contributed by atoms with Crippen molar-refractivity contribution in [1.82, 2.24) is 0 Å². The van der Waals surface area contributed by atoms with E-state index in [0.717, 1.165) is 10.8 Å². The first-order chi connectivity index (χ1) is 11.8. The average Bonchev–Trinajstić information content (AvgIpc) is 2.81. The van der Waals surface area contributed by atoms with Crippen LogP contribution in [-0.2, 0) is 4.79 Å². The summed E-state index contributed by atoms with van der Waals surface area (Å²) < 4.78 is 0. The van der Waals surface area contributed by atoms with E-state index in [1.54, 1.807) is 18.2 Å². The van der Waals surface area contributed by atoms with E-state index in [2.05, 4.69) is 5.32 Å². The van der Waals surface area contributed by atoms with E-state index < -0.39 is 17.0 Å². The number of nitrogens with one attached hydrogen (secondary N) is 1. The van der Waals surface area contributed by atoms with E-state index in [1.807, 2.05) is 45.0 Å². The molecule has 0 saturated heterocycles. The Morgan fingerprint density at radius 1 is 0.920 bits per heavy atom. The van der Waals surface area contributed by atoms with Crippen molar-refractivity contribution >= 4 is 44.7 Å². The molecular weight excluding hydrogens is 314 g/mol. The SMILES string of the molecule is CC(C)(C)C(=O)Nc1ccc2cc3cccc4c3c(c2c1)C(=O)C4=O. The number of amides is 1. The van der Waals surface area contributed by atoms with Gasteiger partial charge in [0.25, 0.3) is 0 Å². The average molecular weight is 331 g/mol. The summed E-state index contributed by atoms with van der Waals surface area (Å²) in [5.41, 5.74) is 1.00. The van der Waals surface area contributed by atoms with Gasteiger partial charge in [-0.15, -0.1) is 0 Å². The van der Waals surface area contributed by atoms with Gasteiger partial charge in [0.2, 0.25) is 17.5 Å². The molecule has 1 N–H and O–H groups in total. The molecule has 0 spiro atoms. The lowest BCUT2D eigenvalue weighted by Gasteiger charge is -2.18. The van der Waals surface area contributed by atoms with E-state index in [4.69, 9.17) is 0 Å².